The summed E-state index contributed by atoms with van der Waals surface area (Å²) in [5.41, 5.74) is 0. The summed E-state index contributed by atoms with van der Waals surface area (Å²) in [5.74, 6) is 1.10. The fourth-order valence-corrected chi connectivity index (χ4v) is 1.45. The zero-order valence-corrected chi connectivity index (χ0v) is 8.34. The van der Waals surface area contributed by atoms with Gasteiger partial charge in [-0.05, 0) is 0 Å². The van der Waals surface area contributed by atoms with Gasteiger partial charge in [0.1, 0.15) is 0 Å². The summed E-state index contributed by atoms with van der Waals surface area (Å²) >= 11 is 0. The Morgan fingerprint density at radius 2 is 1.69 bits per heavy atom. The van der Waals surface area contributed by atoms with E-state index in [4.69, 9.17) is 0 Å². The van der Waals surface area contributed by atoms with Gasteiger partial charge in [0, 0.05) is 40.2 Å². The molecule has 0 spiro atoms. The van der Waals surface area contributed by atoms with Crippen LogP contribution in [0.4, 0.5) is 0 Å². The molecule has 0 aromatic rings. The molecule has 0 unspecified atom stereocenters. The Morgan fingerprint density at radius 3 is 2.08 bits per heavy atom. The molecule has 4 heteroatoms. The van der Waals surface area contributed by atoms with Gasteiger partial charge < -0.3 is 15.1 Å². The second kappa shape index (κ2) is 4.16. The van der Waals surface area contributed by atoms with Gasteiger partial charge in [0.25, 0.3) is 0 Å². The Labute approximate surface area is 79.2 Å². The number of amides is 1. The second-order valence-electron chi connectivity index (χ2n) is 3.19. The van der Waals surface area contributed by atoms with Gasteiger partial charge in [0.05, 0.1) is 5.82 Å². The van der Waals surface area contributed by atoms with Crippen molar-refractivity contribution >= 4 is 5.91 Å². The van der Waals surface area contributed by atoms with Crippen LogP contribution in [0.1, 0.15) is 6.92 Å². The molecule has 1 heterocycles. The number of carbonyl (C=O) groups excluding carboxylic acids is 1. The number of hydrogen-bond acceptors (Lipinski definition) is 3. The molecule has 0 atom stereocenters. The summed E-state index contributed by atoms with van der Waals surface area (Å²) < 4.78 is 0. The van der Waals surface area contributed by atoms with E-state index in [-0.39, 0.29) is 5.91 Å². The third kappa shape index (κ3) is 2.37. The third-order valence-corrected chi connectivity index (χ3v) is 2.40. The second-order valence-corrected chi connectivity index (χ2v) is 3.19. The first-order chi connectivity index (χ1) is 6.15. The van der Waals surface area contributed by atoms with Crippen LogP contribution in [-0.2, 0) is 4.79 Å². The largest absolute Gasteiger partial charge is 0.375 e. The predicted molar refractivity (Wildman–Crippen MR) is 52.0 cm³/mol. The van der Waals surface area contributed by atoms with Crippen LogP contribution in [0.5, 0.6) is 0 Å². The summed E-state index contributed by atoms with van der Waals surface area (Å²) in [6.07, 6.45) is 0. The van der Waals surface area contributed by atoms with Crippen molar-refractivity contribution in [1.82, 2.24) is 15.1 Å². The van der Waals surface area contributed by atoms with Crippen LogP contribution in [0, 0.1) is 0 Å². The van der Waals surface area contributed by atoms with Crippen molar-refractivity contribution in [2.45, 2.75) is 6.92 Å². The van der Waals surface area contributed by atoms with Crippen LogP contribution < -0.4 is 5.32 Å². The van der Waals surface area contributed by atoms with Crippen LogP contribution in [0.3, 0.4) is 0 Å². The molecular weight excluding hydrogens is 166 g/mol. The quantitative estimate of drug-likeness (QED) is 0.646. The van der Waals surface area contributed by atoms with Crippen LogP contribution >= 0.6 is 0 Å². The lowest BCUT2D eigenvalue weighted by Crippen LogP contribution is -2.48. The lowest BCUT2D eigenvalue weighted by atomic mass is 10.3. The number of nitrogens with one attached hydrogen (secondary N) is 1. The van der Waals surface area contributed by atoms with Gasteiger partial charge in [-0.25, -0.2) is 0 Å². The normalized spacial score (nSPS) is 17.1. The highest BCUT2D eigenvalue weighted by atomic mass is 16.2. The number of hydrogen-bond donors (Lipinski definition) is 1. The van der Waals surface area contributed by atoms with Crippen molar-refractivity contribution in [1.29, 1.82) is 0 Å². The summed E-state index contributed by atoms with van der Waals surface area (Å²) in [6, 6.07) is 0. The van der Waals surface area contributed by atoms with E-state index < -0.39 is 0 Å². The van der Waals surface area contributed by atoms with Gasteiger partial charge in [-0.1, -0.05) is 6.58 Å². The predicted octanol–water partition coefficient (Wildman–Crippen LogP) is -0.159. The minimum Gasteiger partial charge on any atom is -0.375 e. The molecule has 1 rings (SSSR count). The molecule has 0 radical (unpaired) electrons. The van der Waals surface area contributed by atoms with Crippen molar-refractivity contribution in [3.8, 4) is 0 Å². The molecule has 0 saturated carbocycles. The standard InChI is InChI=1S/C9H17N3O/c1-8(10-3)11-4-6-12(7-5-11)9(2)13/h10H,1,4-7H2,2-3H3. The minimum absolute atomic E-state index is 0.162. The summed E-state index contributed by atoms with van der Waals surface area (Å²) in [7, 11) is 1.86. The van der Waals surface area contributed by atoms with Crippen molar-refractivity contribution in [3.05, 3.63) is 12.4 Å². The van der Waals surface area contributed by atoms with E-state index in [9.17, 15) is 4.79 Å². The van der Waals surface area contributed by atoms with Gasteiger partial charge in [-0.3, -0.25) is 4.79 Å². The highest BCUT2D eigenvalue weighted by molar-refractivity contribution is 5.73. The zero-order chi connectivity index (χ0) is 9.84. The monoisotopic (exact) mass is 183 g/mol. The van der Waals surface area contributed by atoms with E-state index in [0.29, 0.717) is 0 Å². The Balaban J connectivity index is 2.39. The summed E-state index contributed by atoms with van der Waals surface area (Å²) in [5, 5.41) is 3.01. The Hall–Kier alpha value is -1.19. The van der Waals surface area contributed by atoms with Crippen LogP contribution in [0.15, 0.2) is 12.4 Å². The average molecular weight is 183 g/mol. The highest BCUT2D eigenvalue weighted by Crippen LogP contribution is 2.05. The smallest absolute Gasteiger partial charge is 0.219 e. The third-order valence-electron chi connectivity index (χ3n) is 2.40. The van der Waals surface area contributed by atoms with E-state index in [0.717, 1.165) is 32.0 Å². The molecule has 74 valence electrons. The maximum atomic E-state index is 11.0. The molecule has 0 aromatic heterocycles. The van der Waals surface area contributed by atoms with Gasteiger partial charge in [-0.15, -0.1) is 0 Å². The molecule has 1 amide bonds. The Kier molecular flexibility index (Phi) is 3.17. The first-order valence-corrected chi connectivity index (χ1v) is 4.52. The Morgan fingerprint density at radius 1 is 1.23 bits per heavy atom. The minimum atomic E-state index is 0.162. The van der Waals surface area contributed by atoms with Crippen LogP contribution in [0.25, 0.3) is 0 Å². The number of carbonyl (C=O) groups is 1. The van der Waals surface area contributed by atoms with E-state index in [1.54, 1.807) is 6.92 Å². The molecule has 1 N–H and O–H groups in total. The number of piperazine rings is 1. The number of rotatable bonds is 2. The van der Waals surface area contributed by atoms with Crippen molar-refractivity contribution < 1.29 is 4.79 Å². The Bertz CT molecular complexity index is 207. The van der Waals surface area contributed by atoms with Crippen molar-refractivity contribution in [2.24, 2.45) is 0 Å². The number of nitrogens with zero attached hydrogens (tertiary/aromatic N) is 2. The maximum Gasteiger partial charge on any atom is 0.219 e. The molecule has 0 aromatic carbocycles. The summed E-state index contributed by atoms with van der Waals surface area (Å²) in [4.78, 5) is 15.0. The van der Waals surface area contributed by atoms with Gasteiger partial charge in [0.15, 0.2) is 0 Å². The molecule has 0 aliphatic carbocycles. The molecule has 1 aliphatic heterocycles. The van der Waals surface area contributed by atoms with E-state index in [1.165, 1.54) is 0 Å². The molecule has 1 fully saturated rings. The highest BCUT2D eigenvalue weighted by Gasteiger charge is 2.18. The molecule has 1 aliphatic rings. The van der Waals surface area contributed by atoms with E-state index >= 15 is 0 Å². The molecule has 13 heavy (non-hydrogen) atoms. The summed E-state index contributed by atoms with van der Waals surface area (Å²) in [6.45, 7) is 8.84. The maximum absolute atomic E-state index is 11.0. The topological polar surface area (TPSA) is 35.6 Å². The SMILES string of the molecule is C=C(NC)N1CCN(C(C)=O)CC1. The zero-order valence-electron chi connectivity index (χ0n) is 8.34. The average Bonchev–Trinajstić information content (AvgIpc) is 2.17. The van der Waals surface area contributed by atoms with Crippen LogP contribution in [-0.4, -0.2) is 48.9 Å². The lowest BCUT2D eigenvalue weighted by molar-refractivity contribution is -0.130. The molecular formula is C9H17N3O. The first-order valence-electron chi connectivity index (χ1n) is 4.52. The fraction of sp³-hybridized carbons (Fsp3) is 0.667. The molecule has 1 saturated heterocycles. The van der Waals surface area contributed by atoms with Gasteiger partial charge in [-0.2, -0.15) is 0 Å². The van der Waals surface area contributed by atoms with Crippen molar-refractivity contribution in [3.63, 3.8) is 0 Å². The molecule has 4 nitrogen and oxygen atoms in total. The van der Waals surface area contributed by atoms with Crippen LogP contribution in [0.2, 0.25) is 0 Å². The fourth-order valence-electron chi connectivity index (χ4n) is 1.45. The van der Waals surface area contributed by atoms with Gasteiger partial charge >= 0.3 is 0 Å². The molecule has 0 bridgehead atoms. The van der Waals surface area contributed by atoms with Crippen molar-refractivity contribution in [2.75, 3.05) is 33.2 Å². The first kappa shape index (κ1) is 9.89. The van der Waals surface area contributed by atoms with Gasteiger partial charge in [0.2, 0.25) is 5.91 Å². The van der Waals surface area contributed by atoms with E-state index in [1.807, 2.05) is 11.9 Å². The lowest BCUT2D eigenvalue weighted by Gasteiger charge is -2.36. The van der Waals surface area contributed by atoms with E-state index in [2.05, 4.69) is 16.8 Å².